The molecule has 1 aliphatic rings. The Morgan fingerprint density at radius 2 is 1.34 bits per heavy atom. The Morgan fingerprint density at radius 1 is 0.800 bits per heavy atom. The van der Waals surface area contributed by atoms with Crippen LogP contribution in [0.5, 0.6) is 0 Å². The number of rotatable bonds is 7. The van der Waals surface area contributed by atoms with E-state index < -0.39 is 75.0 Å². The van der Waals surface area contributed by atoms with Crippen LogP contribution < -0.4 is 10.2 Å². The Hall–Kier alpha value is -2.86. The molecule has 4 rings (SSSR count). The largest absolute Gasteiger partial charge is 0.443 e. The van der Waals surface area contributed by atoms with E-state index in [9.17, 15) is 19.2 Å². The highest BCUT2D eigenvalue weighted by molar-refractivity contribution is 6.54. The van der Waals surface area contributed by atoms with Crippen LogP contribution in [0.15, 0.2) is 42.5 Å². The zero-order valence-corrected chi connectivity index (χ0v) is 31.9. The summed E-state index contributed by atoms with van der Waals surface area (Å²) in [6.45, 7) is 9.17. The molecule has 8 nitrogen and oxygen atoms in total. The van der Waals surface area contributed by atoms with Crippen molar-refractivity contribution in [2.75, 3.05) is 10.2 Å². The molecular formula is C34H30Cl6F2N2O6. The van der Waals surface area contributed by atoms with Gasteiger partial charge in [0.15, 0.2) is 11.6 Å². The second-order valence-electron chi connectivity index (χ2n) is 13.4. The fourth-order valence-electron chi connectivity index (χ4n) is 4.90. The van der Waals surface area contributed by atoms with E-state index in [2.05, 4.69) is 5.32 Å². The van der Waals surface area contributed by atoms with Crippen molar-refractivity contribution in [3.63, 3.8) is 0 Å². The molecule has 0 radical (unpaired) electrons. The number of ketones is 1. The lowest BCUT2D eigenvalue weighted by molar-refractivity contribution is -0.117. The van der Waals surface area contributed by atoms with Gasteiger partial charge in [-0.15, -0.1) is 23.2 Å². The molecule has 16 heteroatoms. The summed E-state index contributed by atoms with van der Waals surface area (Å²) in [6.07, 6.45) is -3.28. The van der Waals surface area contributed by atoms with Gasteiger partial charge in [-0.25, -0.2) is 18.4 Å². The number of hydrogen-bond donors (Lipinski definition) is 1. The SMILES string of the molecule is CC(C)(C)OC(=O)N(C(=O)OC(C)(C)C)c1cc(CC(=O)c2cc(NC(=O)[C@H]3[C@H](c4cc(Cl)c(Cl)c(Cl)c4)C3(Cl)Cl)ccc2Cl)c(F)cc1F. The van der Waals surface area contributed by atoms with Crippen molar-refractivity contribution in [2.45, 2.75) is 69.4 Å². The monoisotopic (exact) mass is 810 g/mol. The molecule has 0 unspecified atom stereocenters. The molecule has 1 aliphatic carbocycles. The number of nitrogens with zero attached hydrogens (tertiary/aromatic N) is 1. The van der Waals surface area contributed by atoms with Gasteiger partial charge in [0, 0.05) is 29.7 Å². The van der Waals surface area contributed by atoms with Crippen molar-refractivity contribution in [1.82, 2.24) is 0 Å². The minimum atomic E-state index is -1.51. The van der Waals surface area contributed by atoms with Crippen molar-refractivity contribution >= 4 is 105 Å². The molecule has 0 heterocycles. The third-order valence-corrected chi connectivity index (χ3v) is 9.56. The van der Waals surface area contributed by atoms with Crippen LogP contribution >= 0.6 is 69.6 Å². The van der Waals surface area contributed by atoms with Gasteiger partial charge in [-0.1, -0.05) is 46.4 Å². The molecular weight excluding hydrogens is 783 g/mol. The average Bonchev–Trinajstić information content (AvgIpc) is 3.54. The number of nitrogens with one attached hydrogen (secondary N) is 1. The summed E-state index contributed by atoms with van der Waals surface area (Å²) in [5, 5.41) is 3.04. The fraction of sp³-hybridized carbons (Fsp3) is 0.353. The van der Waals surface area contributed by atoms with Gasteiger partial charge >= 0.3 is 12.2 Å². The smallest absolute Gasteiger partial charge is 0.424 e. The van der Waals surface area contributed by atoms with E-state index in [-0.39, 0.29) is 41.8 Å². The Bertz CT molecular complexity index is 1840. The molecule has 3 aromatic carbocycles. The summed E-state index contributed by atoms with van der Waals surface area (Å²) < 4.78 is 39.4. The molecule has 3 aromatic rings. The minimum Gasteiger partial charge on any atom is -0.443 e. The van der Waals surface area contributed by atoms with Crippen LogP contribution in [0.2, 0.25) is 20.1 Å². The Labute approximate surface area is 317 Å². The molecule has 0 bridgehead atoms. The zero-order chi connectivity index (χ0) is 37.7. The van der Waals surface area contributed by atoms with Gasteiger partial charge in [0.05, 0.1) is 31.7 Å². The number of carbonyl (C=O) groups excluding carboxylic acids is 4. The Morgan fingerprint density at radius 3 is 1.86 bits per heavy atom. The lowest BCUT2D eigenvalue weighted by Gasteiger charge is -2.29. The summed E-state index contributed by atoms with van der Waals surface area (Å²) in [4.78, 5) is 53.2. The van der Waals surface area contributed by atoms with Gasteiger partial charge < -0.3 is 14.8 Å². The van der Waals surface area contributed by atoms with Crippen molar-refractivity contribution in [3.8, 4) is 0 Å². The maximum atomic E-state index is 15.2. The molecule has 0 saturated heterocycles. The van der Waals surface area contributed by atoms with E-state index in [1.54, 1.807) is 0 Å². The summed E-state index contributed by atoms with van der Waals surface area (Å²) >= 11 is 37.6. The molecule has 268 valence electrons. The van der Waals surface area contributed by atoms with E-state index in [1.807, 2.05) is 0 Å². The first-order valence-corrected chi connectivity index (χ1v) is 17.1. The van der Waals surface area contributed by atoms with Crippen LogP contribution in [0.3, 0.4) is 0 Å². The minimum absolute atomic E-state index is 0.0429. The maximum absolute atomic E-state index is 15.2. The first-order chi connectivity index (χ1) is 22.9. The number of anilines is 2. The number of halogens is 8. The summed E-state index contributed by atoms with van der Waals surface area (Å²) in [7, 11) is 0. The molecule has 1 fully saturated rings. The number of amides is 3. The molecule has 50 heavy (non-hydrogen) atoms. The number of hydrogen-bond acceptors (Lipinski definition) is 6. The highest BCUT2D eigenvalue weighted by Crippen LogP contribution is 2.65. The first-order valence-electron chi connectivity index (χ1n) is 14.8. The Balaban J connectivity index is 1.60. The van der Waals surface area contributed by atoms with Crippen molar-refractivity contribution in [1.29, 1.82) is 0 Å². The summed E-state index contributed by atoms with van der Waals surface area (Å²) in [6, 6.07) is 8.29. The number of Topliss-reactive ketones (excluding diaryl/α,β-unsaturated/α-hetero) is 1. The lowest BCUT2D eigenvalue weighted by Crippen LogP contribution is -2.44. The number of imide groups is 1. The lowest BCUT2D eigenvalue weighted by atomic mass is 10.0. The van der Waals surface area contributed by atoms with E-state index >= 15 is 8.78 Å². The standard InChI is InChI=1S/C34H30Cl6F2N2O6/c1-32(2,3)49-30(47)44(31(48)50-33(4,5)6)24-11-15(22(41)14-23(24)42)12-25(45)18-13-17(7-8-19(18)35)43-29(46)27-26(34(27,39)40)16-9-20(36)28(38)21(37)10-16/h7-11,13-14,26-27H,12H2,1-6H3,(H,43,46)/t26-,27+/m0/s1. The third kappa shape index (κ3) is 9.13. The molecule has 0 aliphatic heterocycles. The number of carbonyl (C=O) groups is 4. The van der Waals surface area contributed by atoms with Crippen LogP contribution in [0.4, 0.5) is 29.7 Å². The van der Waals surface area contributed by atoms with Gasteiger partial charge in [0.2, 0.25) is 5.91 Å². The molecule has 1 saturated carbocycles. The van der Waals surface area contributed by atoms with Crippen LogP contribution in [-0.4, -0.2) is 39.4 Å². The molecule has 3 amide bonds. The van der Waals surface area contributed by atoms with Gasteiger partial charge in [-0.3, -0.25) is 9.59 Å². The van der Waals surface area contributed by atoms with Crippen LogP contribution in [-0.2, 0) is 20.7 Å². The summed E-state index contributed by atoms with van der Waals surface area (Å²) in [5.74, 6) is -5.42. The van der Waals surface area contributed by atoms with Gasteiger partial charge in [-0.05, 0) is 89.1 Å². The fourth-order valence-corrected chi connectivity index (χ4v) is 6.57. The number of alkyl halides is 2. The molecule has 0 aromatic heterocycles. The highest BCUT2D eigenvalue weighted by atomic mass is 35.5. The zero-order valence-electron chi connectivity index (χ0n) is 27.3. The quantitative estimate of drug-likeness (QED) is 0.145. The van der Waals surface area contributed by atoms with E-state index in [0.717, 1.165) is 6.07 Å². The van der Waals surface area contributed by atoms with Crippen molar-refractivity contribution in [2.24, 2.45) is 5.92 Å². The van der Waals surface area contributed by atoms with E-state index in [1.165, 1.54) is 71.9 Å². The second-order valence-corrected chi connectivity index (χ2v) is 16.4. The van der Waals surface area contributed by atoms with Crippen molar-refractivity contribution < 1.29 is 37.4 Å². The van der Waals surface area contributed by atoms with Gasteiger partial charge in [0.25, 0.3) is 0 Å². The van der Waals surface area contributed by atoms with Gasteiger partial charge in [-0.2, -0.15) is 4.90 Å². The number of benzene rings is 3. The molecule has 1 N–H and O–H groups in total. The molecule has 0 spiro atoms. The normalized spacial score (nSPS) is 16.8. The average molecular weight is 813 g/mol. The second kappa shape index (κ2) is 14.6. The highest BCUT2D eigenvalue weighted by Gasteiger charge is 2.67. The van der Waals surface area contributed by atoms with Crippen LogP contribution in [0, 0.1) is 17.6 Å². The maximum Gasteiger partial charge on any atom is 0.424 e. The van der Waals surface area contributed by atoms with E-state index in [4.69, 9.17) is 79.1 Å². The van der Waals surface area contributed by atoms with Gasteiger partial charge in [0.1, 0.15) is 21.4 Å². The predicted octanol–water partition coefficient (Wildman–Crippen LogP) is 11.2. The van der Waals surface area contributed by atoms with Crippen LogP contribution in [0.25, 0.3) is 0 Å². The topological polar surface area (TPSA) is 102 Å². The molecule has 2 atom stereocenters. The third-order valence-electron chi connectivity index (χ3n) is 7.10. The Kier molecular flexibility index (Phi) is 11.7. The van der Waals surface area contributed by atoms with Crippen molar-refractivity contribution in [3.05, 3.63) is 90.9 Å². The van der Waals surface area contributed by atoms with Crippen LogP contribution in [0.1, 0.15) is 68.9 Å². The summed E-state index contributed by atoms with van der Waals surface area (Å²) in [5.41, 5.74) is -2.81. The predicted molar refractivity (Wildman–Crippen MR) is 192 cm³/mol. The number of ether oxygens (including phenoxy) is 2. The van der Waals surface area contributed by atoms with E-state index in [0.29, 0.717) is 11.6 Å². The first kappa shape index (κ1) is 39.9.